The SMILES string of the molecule is O=C(C1CC1)N1CC(=O)N(C2CCCCC2)CC(OCc2ccccc2)C1. The van der Waals surface area contributed by atoms with Gasteiger partial charge in [-0.1, -0.05) is 49.6 Å². The van der Waals surface area contributed by atoms with E-state index >= 15 is 0 Å². The van der Waals surface area contributed by atoms with Crippen LogP contribution >= 0.6 is 0 Å². The third kappa shape index (κ3) is 4.70. The monoisotopic (exact) mass is 370 g/mol. The summed E-state index contributed by atoms with van der Waals surface area (Å²) in [4.78, 5) is 29.4. The molecule has 146 valence electrons. The zero-order valence-electron chi connectivity index (χ0n) is 16.0. The van der Waals surface area contributed by atoms with E-state index in [4.69, 9.17) is 4.74 Å². The molecular weight excluding hydrogens is 340 g/mol. The summed E-state index contributed by atoms with van der Waals surface area (Å²) in [5.41, 5.74) is 1.12. The minimum Gasteiger partial charge on any atom is -0.370 e. The van der Waals surface area contributed by atoms with Crippen LogP contribution < -0.4 is 0 Å². The summed E-state index contributed by atoms with van der Waals surface area (Å²) < 4.78 is 6.21. The van der Waals surface area contributed by atoms with E-state index in [-0.39, 0.29) is 30.4 Å². The summed E-state index contributed by atoms with van der Waals surface area (Å²) in [6, 6.07) is 10.4. The second-order valence-corrected chi connectivity index (χ2v) is 8.25. The Kier molecular flexibility index (Phi) is 5.77. The fourth-order valence-electron chi connectivity index (χ4n) is 4.34. The number of nitrogens with zero attached hydrogens (tertiary/aromatic N) is 2. The van der Waals surface area contributed by atoms with Crippen LogP contribution in [0, 0.1) is 5.92 Å². The van der Waals surface area contributed by atoms with Gasteiger partial charge >= 0.3 is 0 Å². The zero-order valence-corrected chi connectivity index (χ0v) is 16.0. The second kappa shape index (κ2) is 8.42. The van der Waals surface area contributed by atoms with E-state index in [1.54, 1.807) is 4.90 Å². The van der Waals surface area contributed by atoms with Gasteiger partial charge in [0.15, 0.2) is 0 Å². The Morgan fingerprint density at radius 1 is 1.00 bits per heavy atom. The molecule has 1 heterocycles. The average Bonchev–Trinajstić information content (AvgIpc) is 3.55. The summed E-state index contributed by atoms with van der Waals surface area (Å²) >= 11 is 0. The van der Waals surface area contributed by atoms with Gasteiger partial charge < -0.3 is 14.5 Å². The molecule has 0 N–H and O–H groups in total. The zero-order chi connectivity index (χ0) is 18.6. The molecule has 0 bridgehead atoms. The smallest absolute Gasteiger partial charge is 0.242 e. The summed E-state index contributed by atoms with van der Waals surface area (Å²) in [7, 11) is 0. The highest BCUT2D eigenvalue weighted by Gasteiger charge is 2.39. The summed E-state index contributed by atoms with van der Waals surface area (Å²) in [6.07, 6.45) is 7.60. The molecule has 5 nitrogen and oxygen atoms in total. The number of benzene rings is 1. The van der Waals surface area contributed by atoms with Crippen LogP contribution in [0.25, 0.3) is 0 Å². The number of carbonyl (C=O) groups excluding carboxylic acids is 2. The molecule has 0 spiro atoms. The predicted octanol–water partition coefficient (Wildman–Crippen LogP) is 2.99. The van der Waals surface area contributed by atoms with Crippen molar-refractivity contribution in [3.63, 3.8) is 0 Å². The first-order valence-corrected chi connectivity index (χ1v) is 10.4. The van der Waals surface area contributed by atoms with Crippen LogP contribution in [0.4, 0.5) is 0 Å². The van der Waals surface area contributed by atoms with Crippen molar-refractivity contribution in [3.8, 4) is 0 Å². The van der Waals surface area contributed by atoms with Crippen LogP contribution in [0.1, 0.15) is 50.5 Å². The maximum atomic E-state index is 13.0. The van der Waals surface area contributed by atoms with Crippen LogP contribution in [0.5, 0.6) is 0 Å². The van der Waals surface area contributed by atoms with Crippen molar-refractivity contribution >= 4 is 11.8 Å². The average molecular weight is 370 g/mol. The molecule has 1 aliphatic heterocycles. The van der Waals surface area contributed by atoms with Gasteiger partial charge in [-0.15, -0.1) is 0 Å². The van der Waals surface area contributed by atoms with Gasteiger partial charge in [-0.25, -0.2) is 0 Å². The molecule has 1 unspecified atom stereocenters. The van der Waals surface area contributed by atoms with Crippen molar-refractivity contribution in [1.82, 2.24) is 9.80 Å². The fourth-order valence-corrected chi connectivity index (χ4v) is 4.34. The first kappa shape index (κ1) is 18.5. The molecular formula is C22H30N2O3. The first-order valence-electron chi connectivity index (χ1n) is 10.4. The molecule has 2 amide bonds. The minimum atomic E-state index is -0.124. The summed E-state index contributed by atoms with van der Waals surface area (Å²) in [5, 5.41) is 0. The molecule has 3 aliphatic rings. The van der Waals surface area contributed by atoms with Crippen molar-refractivity contribution in [2.45, 2.75) is 63.7 Å². The van der Waals surface area contributed by atoms with E-state index in [0.29, 0.717) is 25.7 Å². The van der Waals surface area contributed by atoms with E-state index in [2.05, 4.69) is 0 Å². The molecule has 5 heteroatoms. The molecule has 2 saturated carbocycles. The van der Waals surface area contributed by atoms with Crippen molar-refractivity contribution in [2.24, 2.45) is 5.92 Å². The van der Waals surface area contributed by atoms with E-state index in [9.17, 15) is 9.59 Å². The molecule has 4 rings (SSSR count). The van der Waals surface area contributed by atoms with Crippen molar-refractivity contribution in [1.29, 1.82) is 0 Å². The standard InChI is InChI=1S/C22H30N2O3/c25-21-15-23(22(26)18-11-12-18)13-20(27-16-17-7-3-1-4-8-17)14-24(21)19-9-5-2-6-10-19/h1,3-4,7-8,18-20H,2,5-6,9-16H2. The van der Waals surface area contributed by atoms with Crippen LogP contribution in [-0.4, -0.2) is 53.4 Å². The Balaban J connectivity index is 1.47. The van der Waals surface area contributed by atoms with Gasteiger partial charge in [-0.3, -0.25) is 9.59 Å². The maximum Gasteiger partial charge on any atom is 0.242 e. The number of ether oxygens (including phenoxy) is 1. The lowest BCUT2D eigenvalue weighted by Crippen LogP contribution is -2.46. The second-order valence-electron chi connectivity index (χ2n) is 8.25. The van der Waals surface area contributed by atoms with Crippen molar-refractivity contribution < 1.29 is 14.3 Å². The van der Waals surface area contributed by atoms with Crippen molar-refractivity contribution in [2.75, 3.05) is 19.6 Å². The minimum absolute atomic E-state index is 0.0988. The molecule has 27 heavy (non-hydrogen) atoms. The third-order valence-corrected chi connectivity index (χ3v) is 6.05. The number of carbonyl (C=O) groups is 2. The first-order chi connectivity index (χ1) is 13.2. The Morgan fingerprint density at radius 2 is 1.74 bits per heavy atom. The number of hydrogen-bond donors (Lipinski definition) is 0. The fraction of sp³-hybridized carbons (Fsp3) is 0.636. The van der Waals surface area contributed by atoms with Gasteiger partial charge in [-0.05, 0) is 31.2 Å². The Labute approximate surface area is 161 Å². The molecule has 1 aromatic rings. The highest BCUT2D eigenvalue weighted by atomic mass is 16.5. The third-order valence-electron chi connectivity index (χ3n) is 6.05. The van der Waals surface area contributed by atoms with Gasteiger partial charge in [0.1, 0.15) is 0 Å². The lowest BCUT2D eigenvalue weighted by Gasteiger charge is -2.34. The molecule has 2 aliphatic carbocycles. The quantitative estimate of drug-likeness (QED) is 0.801. The Hall–Kier alpha value is -1.88. The van der Waals surface area contributed by atoms with Gasteiger partial charge in [-0.2, -0.15) is 0 Å². The number of amides is 2. The maximum absolute atomic E-state index is 13.0. The highest BCUT2D eigenvalue weighted by molar-refractivity contribution is 5.87. The van der Waals surface area contributed by atoms with E-state index in [1.807, 2.05) is 35.2 Å². The largest absolute Gasteiger partial charge is 0.370 e. The van der Waals surface area contributed by atoms with Gasteiger partial charge in [0.25, 0.3) is 0 Å². The normalized spacial score (nSPS) is 24.7. The Morgan fingerprint density at radius 3 is 2.44 bits per heavy atom. The summed E-state index contributed by atoms with van der Waals surface area (Å²) in [5.74, 6) is 0.373. The Bertz CT molecular complexity index is 653. The van der Waals surface area contributed by atoms with Gasteiger partial charge in [0.2, 0.25) is 11.8 Å². The number of hydrogen-bond acceptors (Lipinski definition) is 3. The predicted molar refractivity (Wildman–Crippen MR) is 103 cm³/mol. The van der Waals surface area contributed by atoms with Crippen LogP contribution in [0.2, 0.25) is 0 Å². The van der Waals surface area contributed by atoms with Crippen LogP contribution in [0.15, 0.2) is 30.3 Å². The molecule has 1 atom stereocenters. The molecule has 0 radical (unpaired) electrons. The van der Waals surface area contributed by atoms with Crippen LogP contribution in [0.3, 0.4) is 0 Å². The lowest BCUT2D eigenvalue weighted by atomic mass is 9.94. The van der Waals surface area contributed by atoms with E-state index < -0.39 is 0 Å². The molecule has 3 fully saturated rings. The lowest BCUT2D eigenvalue weighted by molar-refractivity contribution is -0.140. The molecule has 1 saturated heterocycles. The topological polar surface area (TPSA) is 49.9 Å². The highest BCUT2D eigenvalue weighted by Crippen LogP contribution is 2.32. The summed E-state index contributed by atoms with van der Waals surface area (Å²) in [6.45, 7) is 1.86. The number of rotatable bonds is 5. The molecule has 0 aromatic heterocycles. The van der Waals surface area contributed by atoms with Crippen molar-refractivity contribution in [3.05, 3.63) is 35.9 Å². The van der Waals surface area contributed by atoms with E-state index in [1.165, 1.54) is 19.3 Å². The van der Waals surface area contributed by atoms with Gasteiger partial charge in [0.05, 0.1) is 19.3 Å². The van der Waals surface area contributed by atoms with E-state index in [0.717, 1.165) is 31.2 Å². The van der Waals surface area contributed by atoms with Gasteiger partial charge in [0, 0.05) is 25.0 Å². The molecule has 1 aromatic carbocycles. The van der Waals surface area contributed by atoms with Crippen LogP contribution in [-0.2, 0) is 20.9 Å².